The van der Waals surface area contributed by atoms with Gasteiger partial charge in [-0.15, -0.1) is 11.3 Å². The second kappa shape index (κ2) is 5.31. The number of aromatic nitrogens is 2. The molecule has 21 heavy (non-hydrogen) atoms. The first-order valence-electron chi connectivity index (χ1n) is 7.26. The fourth-order valence-corrected chi connectivity index (χ4v) is 4.05. The van der Waals surface area contributed by atoms with Gasteiger partial charge >= 0.3 is 0 Å². The van der Waals surface area contributed by atoms with Crippen molar-refractivity contribution in [3.05, 3.63) is 10.6 Å². The Balaban J connectivity index is 1.89. The van der Waals surface area contributed by atoms with E-state index in [4.69, 9.17) is 5.73 Å². The van der Waals surface area contributed by atoms with Crippen molar-refractivity contribution in [2.24, 2.45) is 7.05 Å². The highest BCUT2D eigenvalue weighted by atomic mass is 32.1. The lowest BCUT2D eigenvalue weighted by atomic mass is 10.2. The van der Waals surface area contributed by atoms with Crippen molar-refractivity contribution in [3.8, 4) is 0 Å². The fourth-order valence-electron chi connectivity index (χ4n) is 2.90. The number of carbonyl (C=O) groups excluding carboxylic acids is 1. The van der Waals surface area contributed by atoms with Crippen LogP contribution in [0.2, 0.25) is 0 Å². The molecule has 0 spiro atoms. The lowest BCUT2D eigenvalue weighted by molar-refractivity contribution is 0.0649. The first-order valence-corrected chi connectivity index (χ1v) is 8.07. The minimum atomic E-state index is 0.0591. The van der Waals surface area contributed by atoms with E-state index in [1.807, 2.05) is 18.9 Å². The molecule has 0 unspecified atom stereocenters. The van der Waals surface area contributed by atoms with Gasteiger partial charge in [-0.05, 0) is 13.5 Å². The number of nitrogens with two attached hydrogens (primary N) is 1. The first-order chi connectivity index (χ1) is 10.0. The van der Waals surface area contributed by atoms with Crippen LogP contribution in [0.1, 0.15) is 22.3 Å². The number of aryl methyl sites for hydroxylation is 2. The molecule has 2 N–H and O–H groups in total. The van der Waals surface area contributed by atoms with Crippen LogP contribution in [-0.2, 0) is 7.05 Å². The number of fused-ring (bicyclic) bond motifs is 1. The average Bonchev–Trinajstić information content (AvgIpc) is 2.97. The Labute approximate surface area is 128 Å². The SMILES string of the molecule is CCN1CCN(C(=O)c2sc3c(c(C)nn3C)c2N)CC1. The van der Waals surface area contributed by atoms with Gasteiger partial charge in [0.05, 0.1) is 16.8 Å². The molecule has 0 bridgehead atoms. The number of hydrogen-bond donors (Lipinski definition) is 1. The average molecular weight is 307 g/mol. The van der Waals surface area contributed by atoms with Crippen LogP contribution in [0.5, 0.6) is 0 Å². The standard InChI is InChI=1S/C14H21N5OS/c1-4-18-5-7-19(8-6-18)13(20)12-11(15)10-9(2)16-17(3)14(10)21-12/h4-8,15H2,1-3H3. The highest BCUT2D eigenvalue weighted by molar-refractivity contribution is 7.21. The summed E-state index contributed by atoms with van der Waals surface area (Å²) in [5.41, 5.74) is 7.69. The topological polar surface area (TPSA) is 67.4 Å². The summed E-state index contributed by atoms with van der Waals surface area (Å²) in [6, 6.07) is 0. The molecule has 2 aromatic heterocycles. The van der Waals surface area contributed by atoms with Gasteiger partial charge in [0.15, 0.2) is 0 Å². The Hall–Kier alpha value is -1.60. The second-order valence-corrected chi connectivity index (χ2v) is 6.46. The van der Waals surface area contributed by atoms with Crippen LogP contribution in [0.15, 0.2) is 0 Å². The summed E-state index contributed by atoms with van der Waals surface area (Å²) in [5, 5.41) is 5.29. The number of carbonyl (C=O) groups is 1. The lowest BCUT2D eigenvalue weighted by Gasteiger charge is -2.33. The maximum absolute atomic E-state index is 12.7. The van der Waals surface area contributed by atoms with Crippen molar-refractivity contribution in [2.75, 3.05) is 38.5 Å². The quantitative estimate of drug-likeness (QED) is 0.908. The highest BCUT2D eigenvalue weighted by Crippen LogP contribution is 2.36. The van der Waals surface area contributed by atoms with E-state index in [2.05, 4.69) is 16.9 Å². The third-order valence-electron chi connectivity index (χ3n) is 4.18. The molecular weight excluding hydrogens is 286 g/mol. The van der Waals surface area contributed by atoms with Crippen molar-refractivity contribution in [3.63, 3.8) is 0 Å². The van der Waals surface area contributed by atoms with E-state index < -0.39 is 0 Å². The zero-order valence-corrected chi connectivity index (χ0v) is 13.5. The molecule has 0 atom stereocenters. The highest BCUT2D eigenvalue weighted by Gasteiger charge is 2.27. The van der Waals surface area contributed by atoms with Crippen molar-refractivity contribution in [2.45, 2.75) is 13.8 Å². The normalized spacial score (nSPS) is 16.8. The number of nitrogen functional groups attached to an aromatic ring is 1. The van der Waals surface area contributed by atoms with Gasteiger partial charge in [0.2, 0.25) is 0 Å². The molecule has 1 amide bonds. The minimum absolute atomic E-state index is 0.0591. The molecule has 0 saturated carbocycles. The molecule has 1 aliphatic rings. The maximum Gasteiger partial charge on any atom is 0.266 e. The Kier molecular flexibility index (Phi) is 3.62. The van der Waals surface area contributed by atoms with E-state index in [-0.39, 0.29) is 5.91 Å². The van der Waals surface area contributed by atoms with Crippen LogP contribution in [-0.4, -0.2) is 58.2 Å². The predicted molar refractivity (Wildman–Crippen MR) is 85.8 cm³/mol. The Bertz CT molecular complexity index is 681. The van der Waals surface area contributed by atoms with Crippen molar-refractivity contribution >= 4 is 33.1 Å². The maximum atomic E-state index is 12.7. The first kappa shape index (κ1) is 14.3. The minimum Gasteiger partial charge on any atom is -0.397 e. The molecule has 0 radical (unpaired) electrons. The van der Waals surface area contributed by atoms with Crippen LogP contribution in [0, 0.1) is 6.92 Å². The molecule has 6 nitrogen and oxygen atoms in total. The summed E-state index contributed by atoms with van der Waals surface area (Å²) in [6.07, 6.45) is 0. The Morgan fingerprint density at radius 2 is 2.00 bits per heavy atom. The smallest absolute Gasteiger partial charge is 0.266 e. The number of piperazine rings is 1. The largest absolute Gasteiger partial charge is 0.397 e. The van der Waals surface area contributed by atoms with E-state index in [1.54, 1.807) is 4.68 Å². The van der Waals surface area contributed by atoms with Gasteiger partial charge in [0, 0.05) is 33.2 Å². The molecule has 3 rings (SSSR count). The van der Waals surface area contributed by atoms with Crippen LogP contribution in [0.25, 0.3) is 10.2 Å². The van der Waals surface area contributed by atoms with E-state index in [9.17, 15) is 4.79 Å². The summed E-state index contributed by atoms with van der Waals surface area (Å²) >= 11 is 1.45. The molecule has 7 heteroatoms. The van der Waals surface area contributed by atoms with Gasteiger partial charge in [-0.3, -0.25) is 9.48 Å². The van der Waals surface area contributed by atoms with Gasteiger partial charge < -0.3 is 15.5 Å². The molecule has 1 saturated heterocycles. The number of rotatable bonds is 2. The second-order valence-electron chi connectivity index (χ2n) is 5.46. The van der Waals surface area contributed by atoms with E-state index in [1.165, 1.54) is 11.3 Å². The summed E-state index contributed by atoms with van der Waals surface area (Å²) in [6.45, 7) is 8.55. The summed E-state index contributed by atoms with van der Waals surface area (Å²) < 4.78 is 1.80. The monoisotopic (exact) mass is 307 g/mol. The number of amides is 1. The molecule has 1 aliphatic heterocycles. The Morgan fingerprint density at radius 3 is 2.57 bits per heavy atom. The van der Waals surface area contributed by atoms with Crippen LogP contribution < -0.4 is 5.73 Å². The lowest BCUT2D eigenvalue weighted by Crippen LogP contribution is -2.48. The van der Waals surface area contributed by atoms with E-state index >= 15 is 0 Å². The van der Waals surface area contributed by atoms with Crippen LogP contribution >= 0.6 is 11.3 Å². The van der Waals surface area contributed by atoms with Gasteiger partial charge in [-0.1, -0.05) is 6.92 Å². The van der Waals surface area contributed by atoms with Crippen LogP contribution in [0.4, 0.5) is 5.69 Å². The van der Waals surface area contributed by atoms with Gasteiger partial charge in [-0.25, -0.2) is 0 Å². The van der Waals surface area contributed by atoms with E-state index in [0.29, 0.717) is 10.6 Å². The summed E-state index contributed by atoms with van der Waals surface area (Å²) in [7, 11) is 1.89. The summed E-state index contributed by atoms with van der Waals surface area (Å²) in [4.78, 5) is 18.6. The van der Waals surface area contributed by atoms with Gasteiger partial charge in [0.1, 0.15) is 9.71 Å². The zero-order valence-electron chi connectivity index (χ0n) is 12.7. The zero-order chi connectivity index (χ0) is 15.1. The van der Waals surface area contributed by atoms with Crippen LogP contribution in [0.3, 0.4) is 0 Å². The number of thiophene rings is 1. The Morgan fingerprint density at radius 1 is 1.33 bits per heavy atom. The molecule has 1 fully saturated rings. The van der Waals surface area contributed by atoms with Gasteiger partial charge in [-0.2, -0.15) is 5.10 Å². The molecular formula is C14H21N5OS. The molecule has 3 heterocycles. The predicted octanol–water partition coefficient (Wildman–Crippen LogP) is 1.30. The molecule has 114 valence electrons. The molecule has 0 aromatic carbocycles. The molecule has 2 aromatic rings. The third kappa shape index (κ3) is 2.30. The number of anilines is 1. The van der Waals surface area contributed by atoms with Crippen molar-refractivity contribution in [1.29, 1.82) is 0 Å². The van der Waals surface area contributed by atoms with E-state index in [0.717, 1.165) is 48.6 Å². The number of nitrogens with zero attached hydrogens (tertiary/aromatic N) is 4. The fraction of sp³-hybridized carbons (Fsp3) is 0.571. The molecule has 0 aliphatic carbocycles. The van der Waals surface area contributed by atoms with Gasteiger partial charge in [0.25, 0.3) is 5.91 Å². The summed E-state index contributed by atoms with van der Waals surface area (Å²) in [5.74, 6) is 0.0591. The van der Waals surface area contributed by atoms with Crippen molar-refractivity contribution in [1.82, 2.24) is 19.6 Å². The number of hydrogen-bond acceptors (Lipinski definition) is 5. The number of likely N-dealkylation sites (N-methyl/N-ethyl adjacent to an activating group) is 1. The third-order valence-corrected chi connectivity index (χ3v) is 5.44. The van der Waals surface area contributed by atoms with Crippen molar-refractivity contribution < 1.29 is 4.79 Å².